The first kappa shape index (κ1) is 8.96. The van der Waals surface area contributed by atoms with Gasteiger partial charge in [-0.25, -0.2) is 4.52 Å². The third-order valence-corrected chi connectivity index (χ3v) is 1.89. The van der Waals surface area contributed by atoms with Gasteiger partial charge >= 0.3 is 5.97 Å². The maximum Gasteiger partial charge on any atom is 0.307 e. The second-order valence-electron chi connectivity index (χ2n) is 2.79. The van der Waals surface area contributed by atoms with Crippen LogP contribution >= 0.6 is 11.6 Å². The third kappa shape index (κ3) is 1.67. The van der Waals surface area contributed by atoms with E-state index in [0.717, 1.165) is 0 Å². The molecule has 0 aromatic carbocycles. The number of nitrogens with zero attached hydrogens (tertiary/aromatic N) is 3. The molecule has 2 aromatic heterocycles. The topological polar surface area (TPSA) is 67.5 Å². The van der Waals surface area contributed by atoms with E-state index in [-0.39, 0.29) is 11.7 Å². The summed E-state index contributed by atoms with van der Waals surface area (Å²) in [7, 11) is 0. The number of carboxylic acid groups (broad SMARTS) is 1. The Morgan fingerprint density at radius 3 is 3.14 bits per heavy atom. The average molecular weight is 212 g/mol. The van der Waals surface area contributed by atoms with Crippen molar-refractivity contribution in [2.75, 3.05) is 0 Å². The Balaban J connectivity index is 2.45. The first-order valence-electron chi connectivity index (χ1n) is 3.88. The summed E-state index contributed by atoms with van der Waals surface area (Å²) in [5, 5.41) is 12.6. The van der Waals surface area contributed by atoms with Gasteiger partial charge < -0.3 is 5.11 Å². The molecule has 0 atom stereocenters. The standard InChI is InChI=1S/C8H6ClN3O2/c9-8-10-6-3-5(4-7(13)14)1-2-12(6)11-8/h1-3H,4H2,(H,13,14). The lowest BCUT2D eigenvalue weighted by molar-refractivity contribution is -0.136. The Hall–Kier alpha value is -1.62. The molecule has 0 bridgehead atoms. The van der Waals surface area contributed by atoms with Crippen molar-refractivity contribution in [1.29, 1.82) is 0 Å². The molecule has 2 rings (SSSR count). The predicted octanol–water partition coefficient (Wildman–Crippen LogP) is 1.01. The number of aliphatic carboxylic acids is 1. The maximum atomic E-state index is 10.4. The minimum absolute atomic E-state index is 0.0268. The van der Waals surface area contributed by atoms with Crippen molar-refractivity contribution in [2.45, 2.75) is 6.42 Å². The number of hydrogen-bond donors (Lipinski definition) is 1. The van der Waals surface area contributed by atoms with Crippen LogP contribution in [-0.4, -0.2) is 25.7 Å². The second kappa shape index (κ2) is 3.26. The average Bonchev–Trinajstić information content (AvgIpc) is 2.42. The molecule has 0 fully saturated rings. The molecule has 14 heavy (non-hydrogen) atoms. The Morgan fingerprint density at radius 2 is 2.43 bits per heavy atom. The minimum atomic E-state index is -0.875. The summed E-state index contributed by atoms with van der Waals surface area (Å²) in [5.41, 5.74) is 1.22. The number of hydrogen-bond acceptors (Lipinski definition) is 3. The Morgan fingerprint density at radius 1 is 1.64 bits per heavy atom. The fourth-order valence-corrected chi connectivity index (χ4v) is 1.35. The van der Waals surface area contributed by atoms with E-state index in [1.807, 2.05) is 0 Å². The molecule has 0 unspecified atom stereocenters. The number of carbonyl (C=O) groups is 1. The molecular formula is C8H6ClN3O2. The van der Waals surface area contributed by atoms with Gasteiger partial charge in [0.05, 0.1) is 6.42 Å². The molecule has 0 aliphatic heterocycles. The number of pyridine rings is 1. The highest BCUT2D eigenvalue weighted by molar-refractivity contribution is 6.28. The molecule has 0 aliphatic carbocycles. The summed E-state index contributed by atoms with van der Waals surface area (Å²) in [4.78, 5) is 14.3. The molecule has 0 aliphatic rings. The molecule has 5 nitrogen and oxygen atoms in total. The van der Waals surface area contributed by atoms with Crippen molar-refractivity contribution in [3.63, 3.8) is 0 Å². The largest absolute Gasteiger partial charge is 0.481 e. The van der Waals surface area contributed by atoms with Crippen molar-refractivity contribution in [3.8, 4) is 0 Å². The van der Waals surface area contributed by atoms with Crippen molar-refractivity contribution in [3.05, 3.63) is 29.2 Å². The van der Waals surface area contributed by atoms with Gasteiger partial charge in [-0.15, -0.1) is 5.10 Å². The van der Waals surface area contributed by atoms with Crippen LogP contribution in [0.3, 0.4) is 0 Å². The van der Waals surface area contributed by atoms with Crippen molar-refractivity contribution in [1.82, 2.24) is 14.6 Å². The van der Waals surface area contributed by atoms with Gasteiger partial charge in [0.1, 0.15) is 0 Å². The van der Waals surface area contributed by atoms with Gasteiger partial charge in [-0.1, -0.05) is 0 Å². The molecule has 6 heteroatoms. The van der Waals surface area contributed by atoms with Gasteiger partial charge in [-0.2, -0.15) is 4.98 Å². The summed E-state index contributed by atoms with van der Waals surface area (Å²) in [6.45, 7) is 0. The van der Waals surface area contributed by atoms with Crippen molar-refractivity contribution >= 4 is 23.2 Å². The van der Waals surface area contributed by atoms with Crippen LogP contribution in [0.15, 0.2) is 18.3 Å². The smallest absolute Gasteiger partial charge is 0.307 e. The van der Waals surface area contributed by atoms with Gasteiger partial charge in [0, 0.05) is 6.20 Å². The van der Waals surface area contributed by atoms with Crippen LogP contribution < -0.4 is 0 Å². The molecule has 1 N–H and O–H groups in total. The fraction of sp³-hybridized carbons (Fsp3) is 0.125. The number of aromatic nitrogens is 3. The zero-order chi connectivity index (χ0) is 10.1. The van der Waals surface area contributed by atoms with Gasteiger partial charge in [-0.05, 0) is 29.3 Å². The quantitative estimate of drug-likeness (QED) is 0.805. The minimum Gasteiger partial charge on any atom is -0.481 e. The van der Waals surface area contributed by atoms with Gasteiger partial charge in [-0.3, -0.25) is 4.79 Å². The van der Waals surface area contributed by atoms with E-state index in [2.05, 4.69) is 10.1 Å². The van der Waals surface area contributed by atoms with E-state index >= 15 is 0 Å². The van der Waals surface area contributed by atoms with Gasteiger partial charge in [0.15, 0.2) is 5.65 Å². The van der Waals surface area contributed by atoms with Crippen molar-refractivity contribution in [2.24, 2.45) is 0 Å². The maximum absolute atomic E-state index is 10.4. The summed E-state index contributed by atoms with van der Waals surface area (Å²) in [6.07, 6.45) is 1.60. The molecule has 0 saturated carbocycles. The van der Waals surface area contributed by atoms with E-state index in [9.17, 15) is 4.79 Å². The predicted molar refractivity (Wildman–Crippen MR) is 49.3 cm³/mol. The van der Waals surface area contributed by atoms with Crippen LogP contribution in [0.4, 0.5) is 0 Å². The van der Waals surface area contributed by atoms with Crippen LogP contribution in [0.5, 0.6) is 0 Å². The van der Waals surface area contributed by atoms with Crippen LogP contribution in [0, 0.1) is 0 Å². The van der Waals surface area contributed by atoms with Crippen LogP contribution in [0.1, 0.15) is 5.56 Å². The fourth-order valence-electron chi connectivity index (χ4n) is 1.18. The Kier molecular flexibility index (Phi) is 2.09. The molecule has 0 amide bonds. The number of halogens is 1. The van der Waals surface area contributed by atoms with Crippen LogP contribution in [0.2, 0.25) is 5.28 Å². The molecule has 0 radical (unpaired) electrons. The molecule has 2 aromatic rings. The summed E-state index contributed by atoms with van der Waals surface area (Å²) < 4.78 is 1.49. The molecule has 2 heterocycles. The number of fused-ring (bicyclic) bond motifs is 1. The van der Waals surface area contributed by atoms with Crippen molar-refractivity contribution < 1.29 is 9.90 Å². The summed E-state index contributed by atoms with van der Waals surface area (Å²) in [5.74, 6) is -0.875. The molecular weight excluding hydrogens is 206 g/mol. The summed E-state index contributed by atoms with van der Waals surface area (Å²) >= 11 is 5.58. The van der Waals surface area contributed by atoms with E-state index < -0.39 is 5.97 Å². The monoisotopic (exact) mass is 211 g/mol. The first-order chi connectivity index (χ1) is 6.65. The SMILES string of the molecule is O=C(O)Cc1ccn2nc(Cl)nc2c1. The highest BCUT2D eigenvalue weighted by Gasteiger charge is 2.04. The molecule has 0 spiro atoms. The zero-order valence-electron chi connectivity index (χ0n) is 7.01. The number of carboxylic acids is 1. The van der Waals surface area contributed by atoms with Gasteiger partial charge in [0.25, 0.3) is 0 Å². The Labute approximate surface area is 83.9 Å². The Bertz CT molecular complexity index is 494. The zero-order valence-corrected chi connectivity index (χ0v) is 7.77. The van der Waals surface area contributed by atoms with E-state index in [1.165, 1.54) is 4.52 Å². The molecule has 72 valence electrons. The van der Waals surface area contributed by atoms with E-state index in [1.54, 1.807) is 18.3 Å². The lowest BCUT2D eigenvalue weighted by Gasteiger charge is -1.96. The summed E-state index contributed by atoms with van der Waals surface area (Å²) in [6, 6.07) is 3.32. The lowest BCUT2D eigenvalue weighted by atomic mass is 10.2. The van der Waals surface area contributed by atoms with Crippen LogP contribution in [0.25, 0.3) is 5.65 Å². The van der Waals surface area contributed by atoms with E-state index in [0.29, 0.717) is 11.2 Å². The molecule has 0 saturated heterocycles. The highest BCUT2D eigenvalue weighted by atomic mass is 35.5. The normalized spacial score (nSPS) is 10.6. The van der Waals surface area contributed by atoms with Crippen LogP contribution in [-0.2, 0) is 11.2 Å². The van der Waals surface area contributed by atoms with E-state index in [4.69, 9.17) is 16.7 Å². The second-order valence-corrected chi connectivity index (χ2v) is 3.13. The highest BCUT2D eigenvalue weighted by Crippen LogP contribution is 2.08. The number of rotatable bonds is 2. The van der Waals surface area contributed by atoms with Gasteiger partial charge in [0.2, 0.25) is 5.28 Å². The third-order valence-electron chi connectivity index (χ3n) is 1.73. The lowest BCUT2D eigenvalue weighted by Crippen LogP contribution is -2.00. The first-order valence-corrected chi connectivity index (χ1v) is 4.25.